The third-order valence-electron chi connectivity index (χ3n) is 8.29. The van der Waals surface area contributed by atoms with Crippen LogP contribution in [0.15, 0.2) is 60.4 Å². The fraction of sp³-hybridized carbons (Fsp3) is 0.333. The van der Waals surface area contributed by atoms with E-state index in [1.165, 1.54) is 56.2 Å². The van der Waals surface area contributed by atoms with Gasteiger partial charge in [-0.25, -0.2) is 0 Å². The summed E-state index contributed by atoms with van der Waals surface area (Å²) in [5.41, 5.74) is 3.69. The number of allylic oxidation sites excluding steroid dienone is 2. The molecule has 0 saturated carbocycles. The van der Waals surface area contributed by atoms with Crippen LogP contribution in [0.25, 0.3) is 50.2 Å². The number of nitrogens with zero attached hydrogens (tertiary/aromatic N) is 1. The van der Waals surface area contributed by atoms with Gasteiger partial charge in [-0.15, -0.1) is 0 Å². The van der Waals surface area contributed by atoms with Gasteiger partial charge in [-0.3, -0.25) is 4.79 Å². The van der Waals surface area contributed by atoms with Crippen LogP contribution in [-0.4, -0.2) is 30.4 Å². The van der Waals surface area contributed by atoms with Gasteiger partial charge < -0.3 is 5.11 Å². The number of thiazole rings is 1. The topological polar surface area (TPSA) is 50.2 Å². The largest absolute Gasteiger partial charge is 0 e. The number of carbonyl (C=O) groups excluding carboxylic acids is 1. The Morgan fingerprint density at radius 2 is 1.58 bits per heavy atom. The Kier molecular flexibility index (Phi) is 11.6. The van der Waals surface area contributed by atoms with E-state index in [9.17, 15) is 9.90 Å². The van der Waals surface area contributed by atoms with Crippen LogP contribution < -0.4 is 0 Å². The molecule has 3 aromatic carbocycles. The van der Waals surface area contributed by atoms with Gasteiger partial charge in [-0.05, 0) is 25.7 Å². The SMILES string of the molecule is CCC(CC)C(=O)/C=C(\O)C(CC)CC.Cc1sc2[c-]c(-c3nc4ccccc4s3)c3c4ccccc4[se]c3c2c1C.[Ir]. The molecule has 0 saturated heterocycles. The second-order valence-corrected chi connectivity index (χ2v) is 15.2. The number of hydrogen-bond donors (Lipinski definition) is 1. The van der Waals surface area contributed by atoms with E-state index in [0.717, 1.165) is 36.2 Å². The van der Waals surface area contributed by atoms with E-state index in [1.54, 1.807) is 11.3 Å². The Morgan fingerprint density at radius 1 is 0.930 bits per heavy atom. The van der Waals surface area contributed by atoms with Crippen molar-refractivity contribution in [3.8, 4) is 10.6 Å². The molecule has 0 amide bonds. The molecule has 1 radical (unpaired) electrons. The first kappa shape index (κ1) is 33.8. The maximum Gasteiger partial charge on any atom is 0 e. The van der Waals surface area contributed by atoms with Gasteiger partial charge in [0.2, 0.25) is 0 Å². The summed E-state index contributed by atoms with van der Waals surface area (Å²) in [5.74, 6) is 0.547. The molecule has 3 heterocycles. The van der Waals surface area contributed by atoms with Crippen LogP contribution in [0.1, 0.15) is 63.8 Å². The molecule has 0 spiro atoms. The van der Waals surface area contributed by atoms with E-state index in [-0.39, 0.29) is 43.5 Å². The Labute approximate surface area is 282 Å². The van der Waals surface area contributed by atoms with Crippen LogP contribution in [0.5, 0.6) is 0 Å². The fourth-order valence-electron chi connectivity index (χ4n) is 5.55. The average Bonchev–Trinajstić information content (AvgIpc) is 3.67. The Balaban J connectivity index is 0.000000230. The standard InChI is InChI=1S/C23H14NS2Se.C13H24O2.Ir/c1-12-13(2)25-18-11-15(23-24-16-8-4-5-9-17(16)26-23)21-14-7-3-6-10-19(14)27-22(21)20(12)18;1-5-10(6-2)12(14)9-13(15)11(7-3)8-4;/h3-10H,1-2H3;9-11,14H,5-8H2,1-4H3;/q-1;;/b;12-9-;. The first-order valence-electron chi connectivity index (χ1n) is 14.9. The molecule has 0 aliphatic rings. The average molecular weight is 852 g/mol. The Hall–Kier alpha value is -2.11. The summed E-state index contributed by atoms with van der Waals surface area (Å²) in [6.07, 6.45) is 4.91. The van der Waals surface area contributed by atoms with Crippen LogP contribution in [-0.2, 0) is 24.9 Å². The molecular weight excluding hydrogens is 814 g/mol. The predicted octanol–water partition coefficient (Wildman–Crippen LogP) is 10.8. The van der Waals surface area contributed by atoms with Crippen molar-refractivity contribution in [2.24, 2.45) is 11.8 Å². The monoisotopic (exact) mass is 853 g/mol. The minimum absolute atomic E-state index is 0. The first-order chi connectivity index (χ1) is 20.3. The van der Waals surface area contributed by atoms with Crippen molar-refractivity contribution < 1.29 is 30.0 Å². The quantitative estimate of drug-likeness (QED) is 0.0718. The van der Waals surface area contributed by atoms with Crippen LogP contribution in [0.3, 0.4) is 0 Å². The van der Waals surface area contributed by atoms with Gasteiger partial charge in [0.25, 0.3) is 0 Å². The smallest absolute Gasteiger partial charge is 0 e. The number of ketones is 1. The van der Waals surface area contributed by atoms with Crippen molar-refractivity contribution in [3.63, 3.8) is 0 Å². The molecule has 6 rings (SSSR count). The zero-order valence-corrected chi connectivity index (χ0v) is 31.3. The zero-order chi connectivity index (χ0) is 30.0. The molecular formula is C36H38IrNO2S2Se-. The van der Waals surface area contributed by atoms with Gasteiger partial charge in [0, 0.05) is 38.0 Å². The molecule has 0 unspecified atom stereocenters. The summed E-state index contributed by atoms with van der Waals surface area (Å²) in [5, 5.41) is 15.0. The summed E-state index contributed by atoms with van der Waals surface area (Å²) in [6, 6.07) is 21.1. The molecule has 0 fully saturated rings. The summed E-state index contributed by atoms with van der Waals surface area (Å²) in [6.45, 7) is 12.6. The Bertz CT molecular complexity index is 1870. The van der Waals surface area contributed by atoms with Crippen LogP contribution >= 0.6 is 22.7 Å². The molecule has 0 atom stereocenters. The number of benzene rings is 3. The molecule has 0 aliphatic carbocycles. The molecule has 0 bridgehead atoms. The number of thiophene rings is 1. The summed E-state index contributed by atoms with van der Waals surface area (Å²) in [4.78, 5) is 18.1. The number of aliphatic hydroxyl groups is 1. The van der Waals surface area contributed by atoms with Crippen molar-refractivity contribution in [1.29, 1.82) is 0 Å². The first-order valence-corrected chi connectivity index (χ1v) is 18.2. The van der Waals surface area contributed by atoms with E-state index in [0.29, 0.717) is 14.5 Å². The van der Waals surface area contributed by atoms with Crippen molar-refractivity contribution in [1.82, 2.24) is 4.98 Å². The van der Waals surface area contributed by atoms with E-state index < -0.39 is 0 Å². The molecule has 3 nitrogen and oxygen atoms in total. The molecule has 7 heteroatoms. The molecule has 43 heavy (non-hydrogen) atoms. The van der Waals surface area contributed by atoms with E-state index in [4.69, 9.17) is 4.98 Å². The number of fused-ring (bicyclic) bond motifs is 6. The van der Waals surface area contributed by atoms with Gasteiger partial charge in [0.15, 0.2) is 5.78 Å². The number of rotatable bonds is 8. The zero-order valence-electron chi connectivity index (χ0n) is 25.5. The summed E-state index contributed by atoms with van der Waals surface area (Å²) < 4.78 is 5.53. The number of aliphatic hydroxyl groups excluding tert-OH is 1. The fourth-order valence-corrected chi connectivity index (χ4v) is 10.5. The van der Waals surface area contributed by atoms with Gasteiger partial charge in [-0.2, -0.15) is 0 Å². The van der Waals surface area contributed by atoms with Gasteiger partial charge in [0.05, 0.1) is 5.76 Å². The summed E-state index contributed by atoms with van der Waals surface area (Å²) >= 11 is 3.99. The van der Waals surface area contributed by atoms with E-state index in [1.807, 2.05) is 39.0 Å². The number of aromatic nitrogens is 1. The predicted molar refractivity (Wildman–Crippen MR) is 185 cm³/mol. The molecule has 6 aromatic rings. The van der Waals surface area contributed by atoms with E-state index in [2.05, 4.69) is 68.4 Å². The molecule has 0 aliphatic heterocycles. The van der Waals surface area contributed by atoms with Gasteiger partial charge in [0.1, 0.15) is 0 Å². The second-order valence-electron chi connectivity index (χ2n) is 10.8. The van der Waals surface area contributed by atoms with Crippen molar-refractivity contribution in [2.45, 2.75) is 67.2 Å². The minimum Gasteiger partial charge on any atom is 0 e. The molecule has 227 valence electrons. The maximum absolute atomic E-state index is 11.7. The number of hydrogen-bond acceptors (Lipinski definition) is 5. The minimum atomic E-state index is 0. The van der Waals surface area contributed by atoms with Crippen molar-refractivity contribution >= 4 is 82.6 Å². The van der Waals surface area contributed by atoms with Crippen LogP contribution in [0.4, 0.5) is 0 Å². The maximum atomic E-state index is 11.7. The normalized spacial score (nSPS) is 12.0. The third-order valence-corrected chi connectivity index (χ3v) is 13.0. The van der Waals surface area contributed by atoms with Gasteiger partial charge >= 0.3 is 171 Å². The van der Waals surface area contributed by atoms with E-state index >= 15 is 0 Å². The summed E-state index contributed by atoms with van der Waals surface area (Å²) in [7, 11) is 0. The third kappa shape index (κ3) is 6.78. The number of carbonyl (C=O) groups is 1. The van der Waals surface area contributed by atoms with Crippen LogP contribution in [0.2, 0.25) is 0 Å². The molecule has 3 aromatic heterocycles. The number of para-hydroxylation sites is 1. The molecule has 1 N–H and O–H groups in total. The second kappa shape index (κ2) is 14.8. The van der Waals surface area contributed by atoms with Crippen molar-refractivity contribution in [3.05, 3.63) is 76.9 Å². The number of aryl methyl sites for hydroxylation is 2. The van der Waals surface area contributed by atoms with Gasteiger partial charge in [-0.1, -0.05) is 27.7 Å². The van der Waals surface area contributed by atoms with Crippen molar-refractivity contribution in [2.75, 3.05) is 0 Å². The van der Waals surface area contributed by atoms with Crippen LogP contribution in [0, 0.1) is 31.7 Å². The Morgan fingerprint density at radius 3 is 2.26 bits per heavy atom.